The van der Waals surface area contributed by atoms with Crippen LogP contribution in [0.2, 0.25) is 0 Å². The average molecular weight is 515 g/mol. The maximum Gasteiger partial charge on any atom is 0.319 e. The Morgan fingerprint density at radius 3 is 2.36 bits per heavy atom. The van der Waals surface area contributed by atoms with Crippen molar-refractivity contribution in [1.82, 2.24) is 5.32 Å². The fourth-order valence-corrected chi connectivity index (χ4v) is 5.15. The van der Waals surface area contributed by atoms with Gasteiger partial charge in [-0.1, -0.05) is 36.4 Å². The van der Waals surface area contributed by atoms with Crippen LogP contribution in [-0.2, 0) is 21.2 Å². The second-order valence-electron chi connectivity index (χ2n) is 8.05. The van der Waals surface area contributed by atoms with E-state index in [0.29, 0.717) is 23.4 Å². The molecule has 1 unspecified atom stereocenters. The van der Waals surface area contributed by atoms with E-state index in [1.807, 2.05) is 0 Å². The summed E-state index contributed by atoms with van der Waals surface area (Å²) in [5.74, 6) is -2.31. The highest BCUT2D eigenvalue weighted by Crippen LogP contribution is 2.26. The summed E-state index contributed by atoms with van der Waals surface area (Å²) in [6.45, 7) is 2.20. The number of halogens is 1. The molecule has 190 valence electrons. The molecule has 0 bridgehead atoms. The smallest absolute Gasteiger partial charge is 0.319 e. The van der Waals surface area contributed by atoms with Crippen molar-refractivity contribution in [2.24, 2.45) is 0 Å². The summed E-state index contributed by atoms with van der Waals surface area (Å²) in [5, 5.41) is 14.2. The molecule has 3 rings (SSSR count). The summed E-state index contributed by atoms with van der Waals surface area (Å²) in [6.07, 6.45) is -0.306. The number of carboxylic acids is 1. The number of nitrogens with one attached hydrogen (secondary N) is 2. The molecule has 0 saturated carbocycles. The van der Waals surface area contributed by atoms with Crippen molar-refractivity contribution in [2.75, 3.05) is 17.6 Å². The summed E-state index contributed by atoms with van der Waals surface area (Å²) < 4.78 is 45.6. The van der Waals surface area contributed by atoms with Gasteiger partial charge in [-0.15, -0.1) is 0 Å². The third kappa shape index (κ3) is 7.54. The van der Waals surface area contributed by atoms with Gasteiger partial charge < -0.3 is 20.5 Å². The molecular weight excluding hydrogens is 487 g/mol. The van der Waals surface area contributed by atoms with Gasteiger partial charge in [0.2, 0.25) is 0 Å². The van der Waals surface area contributed by atoms with E-state index in [9.17, 15) is 27.5 Å². The van der Waals surface area contributed by atoms with Gasteiger partial charge in [-0.3, -0.25) is 4.79 Å². The van der Waals surface area contributed by atoms with Gasteiger partial charge in [-0.25, -0.2) is 17.6 Å². The molecule has 0 radical (unpaired) electrons. The maximum absolute atomic E-state index is 14.0. The first-order valence-corrected chi connectivity index (χ1v) is 12.9. The van der Waals surface area contributed by atoms with Gasteiger partial charge in [0.05, 0.1) is 22.8 Å². The molecule has 0 aliphatic carbocycles. The highest BCUT2D eigenvalue weighted by atomic mass is 32.2. The van der Waals surface area contributed by atoms with Crippen LogP contribution >= 0.6 is 0 Å². The van der Waals surface area contributed by atoms with Crippen molar-refractivity contribution in [3.8, 4) is 5.75 Å². The molecule has 10 heteroatoms. The van der Waals surface area contributed by atoms with Crippen LogP contribution in [0.25, 0.3) is 0 Å². The second kappa shape index (κ2) is 12.2. The van der Waals surface area contributed by atoms with Crippen LogP contribution in [0.3, 0.4) is 0 Å². The molecule has 3 aromatic carbocycles. The number of anilines is 1. The summed E-state index contributed by atoms with van der Waals surface area (Å²) >= 11 is 0. The molecule has 0 saturated heterocycles. The third-order valence-corrected chi connectivity index (χ3v) is 7.15. The fraction of sp³-hybridized carbons (Fsp3) is 0.231. The zero-order chi connectivity index (χ0) is 26.1. The Hall–Kier alpha value is -3.92. The van der Waals surface area contributed by atoms with E-state index in [1.54, 1.807) is 37.3 Å². The number of hydrogen-bond acceptors (Lipinski definition) is 5. The van der Waals surface area contributed by atoms with Crippen LogP contribution in [0.5, 0.6) is 5.75 Å². The molecule has 0 spiro atoms. The maximum atomic E-state index is 14.0. The summed E-state index contributed by atoms with van der Waals surface area (Å²) in [4.78, 5) is 23.0. The summed E-state index contributed by atoms with van der Waals surface area (Å²) in [5.41, 5.74) is 1.25. The zero-order valence-electron chi connectivity index (χ0n) is 19.6. The summed E-state index contributed by atoms with van der Waals surface area (Å²) in [6, 6.07) is 18.2. The lowest BCUT2D eigenvalue weighted by molar-refractivity contribution is -0.137. The Kier molecular flexibility index (Phi) is 9.02. The normalized spacial score (nSPS) is 11.9. The van der Waals surface area contributed by atoms with Crippen molar-refractivity contribution >= 4 is 27.5 Å². The van der Waals surface area contributed by atoms with Gasteiger partial charge in [0.15, 0.2) is 9.84 Å². The van der Waals surface area contributed by atoms with E-state index in [4.69, 9.17) is 4.74 Å². The SMILES string of the molecule is CCNC(=O)Nc1cc(COc2ccc(S(=O)(=O)CC(CC(=O)O)c3ccccc3)cc2)ccc1F. The topological polar surface area (TPSA) is 122 Å². The van der Waals surface area contributed by atoms with Crippen molar-refractivity contribution in [3.63, 3.8) is 0 Å². The Morgan fingerprint density at radius 2 is 1.72 bits per heavy atom. The highest BCUT2D eigenvalue weighted by molar-refractivity contribution is 7.91. The van der Waals surface area contributed by atoms with Gasteiger partial charge in [0.25, 0.3) is 0 Å². The standard InChI is InChI=1S/C26H27FN2O6S/c1-2-28-26(32)29-24-14-18(8-13-23(24)27)16-35-21-9-11-22(12-10-21)36(33,34)17-20(15-25(30)31)19-6-4-3-5-7-19/h3-14,20H,2,15-17H2,1H3,(H,30,31)(H2,28,29,32). The molecule has 0 heterocycles. The van der Waals surface area contributed by atoms with Crippen LogP contribution in [0.4, 0.5) is 14.9 Å². The van der Waals surface area contributed by atoms with Gasteiger partial charge in [0, 0.05) is 12.5 Å². The molecule has 0 aliphatic rings. The minimum atomic E-state index is -3.77. The van der Waals surface area contributed by atoms with Crippen LogP contribution in [-0.4, -0.2) is 37.8 Å². The molecule has 0 fully saturated rings. The number of rotatable bonds is 11. The van der Waals surface area contributed by atoms with Crippen LogP contribution < -0.4 is 15.4 Å². The largest absolute Gasteiger partial charge is 0.489 e. The predicted molar refractivity (Wildman–Crippen MR) is 133 cm³/mol. The van der Waals surface area contributed by atoms with Gasteiger partial charge in [-0.05, 0) is 54.4 Å². The Bertz CT molecular complexity index is 1300. The van der Waals surface area contributed by atoms with E-state index < -0.39 is 33.6 Å². The number of urea groups is 1. The number of carboxylic acid groups (broad SMARTS) is 1. The molecule has 8 nitrogen and oxygen atoms in total. The van der Waals surface area contributed by atoms with Crippen molar-refractivity contribution in [3.05, 3.63) is 89.7 Å². The molecule has 3 N–H and O–H groups in total. The number of carbonyl (C=O) groups is 2. The molecule has 0 aliphatic heterocycles. The quantitative estimate of drug-likeness (QED) is 0.344. The van der Waals surface area contributed by atoms with Crippen LogP contribution in [0.1, 0.15) is 30.4 Å². The minimum absolute atomic E-state index is 0.0119. The van der Waals surface area contributed by atoms with Gasteiger partial charge >= 0.3 is 12.0 Å². The highest BCUT2D eigenvalue weighted by Gasteiger charge is 2.25. The molecule has 36 heavy (non-hydrogen) atoms. The molecule has 2 amide bonds. The van der Waals surface area contributed by atoms with E-state index in [0.717, 1.165) is 0 Å². The lowest BCUT2D eigenvalue weighted by Gasteiger charge is -2.16. The van der Waals surface area contributed by atoms with Gasteiger partial charge in [-0.2, -0.15) is 0 Å². The lowest BCUT2D eigenvalue weighted by Crippen LogP contribution is -2.28. The Labute approximate surface area is 209 Å². The molecule has 1 atom stereocenters. The number of benzene rings is 3. The van der Waals surface area contributed by atoms with Crippen LogP contribution in [0.15, 0.2) is 77.7 Å². The van der Waals surface area contributed by atoms with E-state index in [1.165, 1.54) is 42.5 Å². The Morgan fingerprint density at radius 1 is 1.03 bits per heavy atom. The fourth-order valence-electron chi connectivity index (χ4n) is 3.57. The first-order valence-electron chi connectivity index (χ1n) is 11.2. The Balaban J connectivity index is 1.67. The van der Waals surface area contributed by atoms with Crippen molar-refractivity contribution < 1.29 is 32.2 Å². The zero-order valence-corrected chi connectivity index (χ0v) is 20.4. The predicted octanol–water partition coefficient (Wildman–Crippen LogP) is 4.58. The van der Waals surface area contributed by atoms with E-state index in [-0.39, 0.29) is 29.4 Å². The molecular formula is C26H27FN2O6S. The molecule has 3 aromatic rings. The number of hydrogen-bond donors (Lipinski definition) is 3. The lowest BCUT2D eigenvalue weighted by atomic mass is 9.98. The number of carbonyl (C=O) groups excluding carboxylic acids is 1. The second-order valence-corrected chi connectivity index (χ2v) is 10.1. The number of ether oxygens (including phenoxy) is 1. The van der Waals surface area contributed by atoms with Crippen molar-refractivity contribution in [2.45, 2.75) is 30.8 Å². The van der Waals surface area contributed by atoms with E-state index >= 15 is 0 Å². The first-order chi connectivity index (χ1) is 17.2. The van der Waals surface area contributed by atoms with Crippen LogP contribution in [0, 0.1) is 5.82 Å². The number of amides is 2. The first kappa shape index (κ1) is 26.7. The van der Waals surface area contributed by atoms with Gasteiger partial charge in [0.1, 0.15) is 18.2 Å². The van der Waals surface area contributed by atoms with Crippen molar-refractivity contribution in [1.29, 1.82) is 0 Å². The third-order valence-electron chi connectivity index (χ3n) is 5.32. The number of aliphatic carboxylic acids is 1. The summed E-state index contributed by atoms with van der Waals surface area (Å²) in [7, 11) is -3.77. The minimum Gasteiger partial charge on any atom is -0.489 e. The van der Waals surface area contributed by atoms with E-state index in [2.05, 4.69) is 10.6 Å². The monoisotopic (exact) mass is 514 g/mol. The number of sulfone groups is 1. The molecule has 0 aromatic heterocycles. The average Bonchev–Trinajstić information content (AvgIpc) is 2.84.